The average molecular weight is 163 g/mol. The zero-order valence-electron chi connectivity index (χ0n) is 6.85. The van der Waals surface area contributed by atoms with Crippen molar-refractivity contribution >= 4 is 10.0 Å². The Morgan fingerprint density at radius 2 is 1.60 bits per heavy atom. The SMILES string of the molecule is C1CCNC1.CO[SiH2]OC. The summed E-state index contributed by atoms with van der Waals surface area (Å²) in [7, 11) is 2.73. The monoisotopic (exact) mass is 163 g/mol. The molecule has 4 heteroatoms. The van der Waals surface area contributed by atoms with Crippen LogP contribution in [0.3, 0.4) is 0 Å². The first-order chi connectivity index (χ1) is 4.91. The summed E-state index contributed by atoms with van der Waals surface area (Å²) in [6.45, 7) is 2.50. The Bertz CT molecular complexity index is 50.1. The molecule has 0 aromatic heterocycles. The molecule has 0 saturated carbocycles. The molecule has 0 radical (unpaired) electrons. The molecular weight excluding hydrogens is 146 g/mol. The molecule has 0 aromatic carbocycles. The standard InChI is InChI=1S/C4H9N.C2H8O2Si/c1-2-4-5-3-1;1-3-5-4-2/h5H,1-4H2;5H2,1-2H3. The van der Waals surface area contributed by atoms with Gasteiger partial charge in [0.1, 0.15) is 0 Å². The summed E-state index contributed by atoms with van der Waals surface area (Å²) >= 11 is 0. The van der Waals surface area contributed by atoms with Gasteiger partial charge in [0.25, 0.3) is 0 Å². The van der Waals surface area contributed by atoms with Crippen LogP contribution in [0.4, 0.5) is 0 Å². The Morgan fingerprint density at radius 1 is 1.10 bits per heavy atom. The van der Waals surface area contributed by atoms with Gasteiger partial charge in [0, 0.05) is 14.2 Å². The minimum atomic E-state index is -0.568. The summed E-state index contributed by atoms with van der Waals surface area (Å²) in [6.07, 6.45) is 2.78. The summed E-state index contributed by atoms with van der Waals surface area (Å²) in [5, 5.41) is 3.22. The number of hydrogen-bond acceptors (Lipinski definition) is 3. The molecule has 0 atom stereocenters. The number of nitrogens with one attached hydrogen (secondary N) is 1. The van der Waals surface area contributed by atoms with E-state index in [9.17, 15) is 0 Å². The highest BCUT2D eigenvalue weighted by molar-refractivity contribution is 6.17. The number of rotatable bonds is 2. The summed E-state index contributed by atoms with van der Waals surface area (Å²) in [5.41, 5.74) is 0. The fourth-order valence-electron chi connectivity index (χ4n) is 0.743. The summed E-state index contributed by atoms with van der Waals surface area (Å²) < 4.78 is 9.22. The van der Waals surface area contributed by atoms with Crippen LogP contribution >= 0.6 is 0 Å². The second-order valence-corrected chi connectivity index (χ2v) is 3.54. The van der Waals surface area contributed by atoms with Gasteiger partial charge < -0.3 is 14.2 Å². The van der Waals surface area contributed by atoms with Crippen LogP contribution in [0.5, 0.6) is 0 Å². The highest BCUT2D eigenvalue weighted by atomic mass is 28.3. The van der Waals surface area contributed by atoms with Crippen molar-refractivity contribution in [3.8, 4) is 0 Å². The molecule has 1 fully saturated rings. The van der Waals surface area contributed by atoms with Crippen LogP contribution < -0.4 is 5.32 Å². The summed E-state index contributed by atoms with van der Waals surface area (Å²) in [5.74, 6) is 0. The molecule has 1 N–H and O–H groups in total. The molecule has 1 rings (SSSR count). The summed E-state index contributed by atoms with van der Waals surface area (Å²) in [4.78, 5) is 0. The molecule has 0 unspecified atom stereocenters. The lowest BCUT2D eigenvalue weighted by Crippen LogP contribution is -2.03. The smallest absolute Gasteiger partial charge is 0.303 e. The third-order valence-corrected chi connectivity index (χ3v) is 1.66. The van der Waals surface area contributed by atoms with Gasteiger partial charge in [0.2, 0.25) is 0 Å². The molecule has 1 heterocycles. The maximum absolute atomic E-state index is 4.61. The van der Waals surface area contributed by atoms with Crippen LogP contribution in [0.25, 0.3) is 0 Å². The predicted molar refractivity (Wildman–Crippen MR) is 44.7 cm³/mol. The molecule has 0 amide bonds. The molecule has 0 aliphatic carbocycles. The third-order valence-electron chi connectivity index (χ3n) is 1.19. The van der Waals surface area contributed by atoms with Gasteiger partial charge >= 0.3 is 10.0 Å². The van der Waals surface area contributed by atoms with Crippen LogP contribution in [0.1, 0.15) is 12.8 Å². The first kappa shape index (κ1) is 10.1. The molecule has 3 nitrogen and oxygen atoms in total. The van der Waals surface area contributed by atoms with Gasteiger partial charge in [-0.25, -0.2) is 0 Å². The van der Waals surface area contributed by atoms with Crippen molar-refractivity contribution in [3.05, 3.63) is 0 Å². The molecule has 0 aromatic rings. The van der Waals surface area contributed by atoms with E-state index in [-0.39, 0.29) is 0 Å². The van der Waals surface area contributed by atoms with E-state index in [1.807, 2.05) is 0 Å². The normalized spacial score (nSPS) is 16.2. The van der Waals surface area contributed by atoms with E-state index < -0.39 is 10.0 Å². The fraction of sp³-hybridized carbons (Fsp3) is 1.00. The number of hydrogen-bond donors (Lipinski definition) is 1. The molecule has 1 aliphatic rings. The second kappa shape index (κ2) is 9.10. The van der Waals surface area contributed by atoms with Gasteiger partial charge in [-0.15, -0.1) is 0 Å². The van der Waals surface area contributed by atoms with E-state index in [1.165, 1.54) is 25.9 Å². The van der Waals surface area contributed by atoms with Gasteiger partial charge in [0.05, 0.1) is 0 Å². The first-order valence-corrected chi connectivity index (χ1v) is 4.76. The van der Waals surface area contributed by atoms with Crippen molar-refractivity contribution in [1.82, 2.24) is 5.32 Å². The third kappa shape index (κ3) is 8.10. The van der Waals surface area contributed by atoms with Crippen LogP contribution in [0, 0.1) is 0 Å². The molecule has 62 valence electrons. The van der Waals surface area contributed by atoms with Crippen molar-refractivity contribution in [2.75, 3.05) is 27.3 Å². The maximum Gasteiger partial charge on any atom is 0.303 e. The van der Waals surface area contributed by atoms with E-state index in [0.717, 1.165) is 0 Å². The Balaban J connectivity index is 0.000000162. The lowest BCUT2D eigenvalue weighted by atomic mass is 10.4. The molecule has 0 spiro atoms. The Kier molecular flexibility index (Phi) is 9.19. The van der Waals surface area contributed by atoms with E-state index >= 15 is 0 Å². The minimum Gasteiger partial charge on any atom is -0.402 e. The minimum absolute atomic E-state index is 0.568. The van der Waals surface area contributed by atoms with E-state index in [1.54, 1.807) is 14.2 Å². The van der Waals surface area contributed by atoms with Crippen molar-refractivity contribution in [2.45, 2.75) is 12.8 Å². The molecule has 1 aliphatic heterocycles. The zero-order valence-corrected chi connectivity index (χ0v) is 8.27. The van der Waals surface area contributed by atoms with Crippen LogP contribution in [-0.4, -0.2) is 37.3 Å². The Morgan fingerprint density at radius 3 is 1.70 bits per heavy atom. The van der Waals surface area contributed by atoms with Crippen molar-refractivity contribution in [1.29, 1.82) is 0 Å². The van der Waals surface area contributed by atoms with Crippen molar-refractivity contribution in [3.63, 3.8) is 0 Å². The van der Waals surface area contributed by atoms with Crippen molar-refractivity contribution < 1.29 is 8.85 Å². The van der Waals surface area contributed by atoms with E-state index in [0.29, 0.717) is 0 Å². The summed E-state index contributed by atoms with van der Waals surface area (Å²) in [6, 6.07) is 0. The van der Waals surface area contributed by atoms with Gasteiger partial charge in [-0.3, -0.25) is 0 Å². The molecule has 10 heavy (non-hydrogen) atoms. The van der Waals surface area contributed by atoms with Gasteiger partial charge in [-0.1, -0.05) is 0 Å². The lowest BCUT2D eigenvalue weighted by molar-refractivity contribution is 0.309. The average Bonchev–Trinajstić information content (AvgIpc) is 2.44. The van der Waals surface area contributed by atoms with Crippen LogP contribution in [-0.2, 0) is 8.85 Å². The van der Waals surface area contributed by atoms with E-state index in [2.05, 4.69) is 14.2 Å². The van der Waals surface area contributed by atoms with Gasteiger partial charge in [-0.05, 0) is 25.9 Å². The Hall–Kier alpha value is 0.0969. The van der Waals surface area contributed by atoms with E-state index in [4.69, 9.17) is 0 Å². The molecule has 1 saturated heterocycles. The van der Waals surface area contributed by atoms with Gasteiger partial charge in [-0.2, -0.15) is 0 Å². The lowest BCUT2D eigenvalue weighted by Gasteiger charge is -1.86. The zero-order chi connectivity index (χ0) is 7.66. The first-order valence-electron chi connectivity index (χ1n) is 3.60. The largest absolute Gasteiger partial charge is 0.402 e. The Labute approximate surface area is 65.2 Å². The topological polar surface area (TPSA) is 30.5 Å². The van der Waals surface area contributed by atoms with Gasteiger partial charge in [0.15, 0.2) is 0 Å². The maximum atomic E-state index is 4.61. The fourth-order valence-corrected chi connectivity index (χ4v) is 0.979. The highest BCUT2D eigenvalue weighted by Gasteiger charge is 1.93. The van der Waals surface area contributed by atoms with Crippen LogP contribution in [0.15, 0.2) is 0 Å². The highest BCUT2D eigenvalue weighted by Crippen LogP contribution is 1.90. The van der Waals surface area contributed by atoms with Crippen molar-refractivity contribution in [2.24, 2.45) is 0 Å². The van der Waals surface area contributed by atoms with Crippen LogP contribution in [0.2, 0.25) is 0 Å². The molecule has 0 bridgehead atoms. The predicted octanol–water partition coefficient (Wildman–Crippen LogP) is -0.352. The molecular formula is C6H17NO2Si. The quantitative estimate of drug-likeness (QED) is 0.564. The second-order valence-electron chi connectivity index (χ2n) is 2.15.